The van der Waals surface area contributed by atoms with Gasteiger partial charge in [0.1, 0.15) is 0 Å². The third-order valence-corrected chi connectivity index (χ3v) is 2.20. The van der Waals surface area contributed by atoms with E-state index in [0.29, 0.717) is 13.0 Å². The summed E-state index contributed by atoms with van der Waals surface area (Å²) in [7, 11) is 1.79. The maximum Gasteiger partial charge on any atom is 0.224 e. The Morgan fingerprint density at radius 2 is 2.00 bits per heavy atom. The highest BCUT2D eigenvalue weighted by atomic mass is 16.2. The van der Waals surface area contributed by atoms with Gasteiger partial charge in [-0.05, 0) is 31.5 Å². The summed E-state index contributed by atoms with van der Waals surface area (Å²) in [5, 5.41) is 0. The Morgan fingerprint density at radius 1 is 1.44 bits per heavy atom. The molecule has 1 rings (SSSR count). The summed E-state index contributed by atoms with van der Waals surface area (Å²) in [6, 6.07) is 3.80. The van der Waals surface area contributed by atoms with Crippen molar-refractivity contribution in [2.45, 2.75) is 32.4 Å². The predicted octanol–water partition coefficient (Wildman–Crippen LogP) is 1.17. The zero-order chi connectivity index (χ0) is 12.2. The smallest absolute Gasteiger partial charge is 0.224 e. The zero-order valence-electron chi connectivity index (χ0n) is 10.1. The molecule has 4 nitrogen and oxygen atoms in total. The summed E-state index contributed by atoms with van der Waals surface area (Å²) in [5.41, 5.74) is 6.43. The highest BCUT2D eigenvalue weighted by molar-refractivity contribution is 5.77. The molecule has 0 atom stereocenters. The van der Waals surface area contributed by atoms with Crippen LogP contribution in [0.25, 0.3) is 0 Å². The van der Waals surface area contributed by atoms with Crippen LogP contribution in [-0.4, -0.2) is 28.4 Å². The van der Waals surface area contributed by atoms with Crippen LogP contribution in [-0.2, 0) is 11.3 Å². The van der Waals surface area contributed by atoms with Crippen LogP contribution in [0.5, 0.6) is 0 Å². The van der Waals surface area contributed by atoms with E-state index in [1.54, 1.807) is 24.3 Å². The monoisotopic (exact) mass is 221 g/mol. The first-order valence-corrected chi connectivity index (χ1v) is 5.30. The Balaban J connectivity index is 2.53. The molecule has 0 saturated heterocycles. The summed E-state index contributed by atoms with van der Waals surface area (Å²) in [4.78, 5) is 17.4. The summed E-state index contributed by atoms with van der Waals surface area (Å²) < 4.78 is 0. The molecule has 0 saturated carbocycles. The minimum atomic E-state index is -0.455. The molecule has 2 N–H and O–H groups in total. The average molecular weight is 221 g/mol. The van der Waals surface area contributed by atoms with E-state index in [0.717, 1.165) is 5.56 Å². The lowest BCUT2D eigenvalue weighted by Gasteiger charge is -2.23. The van der Waals surface area contributed by atoms with Crippen molar-refractivity contribution in [2.24, 2.45) is 5.73 Å². The van der Waals surface area contributed by atoms with Crippen LogP contribution in [0.4, 0.5) is 0 Å². The zero-order valence-corrected chi connectivity index (χ0v) is 10.1. The molecule has 0 aromatic carbocycles. The van der Waals surface area contributed by atoms with Crippen LogP contribution in [0.3, 0.4) is 0 Å². The van der Waals surface area contributed by atoms with Crippen molar-refractivity contribution in [3.8, 4) is 0 Å². The fraction of sp³-hybridized carbons (Fsp3) is 0.500. The normalized spacial score (nSPS) is 11.2. The summed E-state index contributed by atoms with van der Waals surface area (Å²) in [5.74, 6) is 0.0595. The van der Waals surface area contributed by atoms with Gasteiger partial charge in [0.2, 0.25) is 5.91 Å². The summed E-state index contributed by atoms with van der Waals surface area (Å²) >= 11 is 0. The second kappa shape index (κ2) is 5.07. The predicted molar refractivity (Wildman–Crippen MR) is 63.6 cm³/mol. The Bertz CT molecular complexity index is 343. The number of hydrogen-bond acceptors (Lipinski definition) is 3. The van der Waals surface area contributed by atoms with Gasteiger partial charge in [0.05, 0.1) is 0 Å². The molecule has 1 aromatic rings. The van der Waals surface area contributed by atoms with Gasteiger partial charge in [-0.3, -0.25) is 9.78 Å². The van der Waals surface area contributed by atoms with Crippen molar-refractivity contribution in [1.29, 1.82) is 0 Å². The number of amides is 1. The van der Waals surface area contributed by atoms with Crippen molar-refractivity contribution in [3.63, 3.8) is 0 Å². The minimum Gasteiger partial charge on any atom is -0.341 e. The highest BCUT2D eigenvalue weighted by Gasteiger charge is 2.19. The molecule has 0 aliphatic rings. The largest absolute Gasteiger partial charge is 0.341 e. The second-order valence-corrected chi connectivity index (χ2v) is 4.77. The second-order valence-electron chi connectivity index (χ2n) is 4.77. The topological polar surface area (TPSA) is 59.2 Å². The van der Waals surface area contributed by atoms with Crippen molar-refractivity contribution < 1.29 is 4.79 Å². The number of nitrogens with two attached hydrogens (primary N) is 1. The molecule has 16 heavy (non-hydrogen) atoms. The van der Waals surface area contributed by atoms with Gasteiger partial charge in [-0.15, -0.1) is 0 Å². The maximum atomic E-state index is 11.8. The molecule has 0 aliphatic heterocycles. The average Bonchev–Trinajstić information content (AvgIpc) is 2.16. The number of hydrogen-bond donors (Lipinski definition) is 1. The van der Waals surface area contributed by atoms with E-state index < -0.39 is 5.54 Å². The highest BCUT2D eigenvalue weighted by Crippen LogP contribution is 2.08. The third kappa shape index (κ3) is 4.40. The first-order valence-electron chi connectivity index (χ1n) is 5.30. The number of nitrogens with zero attached hydrogens (tertiary/aromatic N) is 2. The minimum absolute atomic E-state index is 0.0595. The Morgan fingerprint density at radius 3 is 2.50 bits per heavy atom. The van der Waals surface area contributed by atoms with E-state index in [2.05, 4.69) is 4.98 Å². The van der Waals surface area contributed by atoms with Crippen LogP contribution < -0.4 is 5.73 Å². The molecule has 1 amide bonds. The van der Waals surface area contributed by atoms with E-state index >= 15 is 0 Å². The van der Waals surface area contributed by atoms with Crippen LogP contribution in [0, 0.1) is 0 Å². The Hall–Kier alpha value is -1.42. The van der Waals surface area contributed by atoms with Gasteiger partial charge in [0.15, 0.2) is 0 Å². The first kappa shape index (κ1) is 12.6. The molecule has 0 radical (unpaired) electrons. The third-order valence-electron chi connectivity index (χ3n) is 2.20. The van der Waals surface area contributed by atoms with Crippen molar-refractivity contribution in [3.05, 3.63) is 30.1 Å². The molecule has 0 spiro atoms. The Kier molecular flexibility index (Phi) is 4.01. The van der Waals surface area contributed by atoms with Gasteiger partial charge in [-0.25, -0.2) is 0 Å². The van der Waals surface area contributed by atoms with Gasteiger partial charge < -0.3 is 10.6 Å². The molecular formula is C12H19N3O. The van der Waals surface area contributed by atoms with Gasteiger partial charge in [-0.1, -0.05) is 0 Å². The van der Waals surface area contributed by atoms with Crippen LogP contribution in [0.1, 0.15) is 25.8 Å². The van der Waals surface area contributed by atoms with Crippen LogP contribution in [0.15, 0.2) is 24.5 Å². The number of aromatic nitrogens is 1. The van der Waals surface area contributed by atoms with E-state index in [4.69, 9.17) is 5.73 Å². The molecule has 0 fully saturated rings. The lowest BCUT2D eigenvalue weighted by atomic mass is 10.0. The SMILES string of the molecule is CN(Cc1ccncc1)C(=O)CC(C)(C)N. The lowest BCUT2D eigenvalue weighted by Crippen LogP contribution is -2.39. The fourth-order valence-electron chi connectivity index (χ4n) is 1.37. The molecule has 4 heteroatoms. The summed E-state index contributed by atoms with van der Waals surface area (Å²) in [6.07, 6.45) is 3.80. The molecule has 88 valence electrons. The molecule has 0 unspecified atom stereocenters. The molecule has 1 aromatic heterocycles. The number of rotatable bonds is 4. The van der Waals surface area contributed by atoms with Gasteiger partial charge in [0, 0.05) is 37.9 Å². The standard InChI is InChI=1S/C12H19N3O/c1-12(2,13)8-11(16)15(3)9-10-4-6-14-7-5-10/h4-7H,8-9,13H2,1-3H3. The van der Waals surface area contributed by atoms with Crippen LogP contribution in [0.2, 0.25) is 0 Å². The number of pyridine rings is 1. The van der Waals surface area contributed by atoms with Gasteiger partial charge in [0.25, 0.3) is 0 Å². The number of carbonyl (C=O) groups is 1. The lowest BCUT2D eigenvalue weighted by molar-refractivity contribution is -0.131. The molecule has 0 bridgehead atoms. The first-order chi connectivity index (χ1) is 7.38. The van der Waals surface area contributed by atoms with Gasteiger partial charge >= 0.3 is 0 Å². The van der Waals surface area contributed by atoms with E-state index in [1.165, 1.54) is 0 Å². The summed E-state index contributed by atoms with van der Waals surface area (Å²) in [6.45, 7) is 4.30. The van der Waals surface area contributed by atoms with Crippen LogP contribution >= 0.6 is 0 Å². The van der Waals surface area contributed by atoms with Crippen molar-refractivity contribution in [2.75, 3.05) is 7.05 Å². The van der Waals surface area contributed by atoms with Crippen molar-refractivity contribution >= 4 is 5.91 Å². The van der Waals surface area contributed by atoms with Gasteiger partial charge in [-0.2, -0.15) is 0 Å². The molecular weight excluding hydrogens is 202 g/mol. The van der Waals surface area contributed by atoms with E-state index in [1.807, 2.05) is 26.0 Å². The molecule has 0 aliphatic carbocycles. The van der Waals surface area contributed by atoms with Crippen molar-refractivity contribution in [1.82, 2.24) is 9.88 Å². The fourth-order valence-corrected chi connectivity index (χ4v) is 1.37. The van der Waals surface area contributed by atoms with E-state index in [9.17, 15) is 4.79 Å². The molecule has 1 heterocycles. The quantitative estimate of drug-likeness (QED) is 0.830. The van der Waals surface area contributed by atoms with E-state index in [-0.39, 0.29) is 5.91 Å². The Labute approximate surface area is 96.5 Å². The maximum absolute atomic E-state index is 11.8. The number of carbonyl (C=O) groups excluding carboxylic acids is 1.